The van der Waals surface area contributed by atoms with Gasteiger partial charge in [-0.15, -0.1) is 0 Å². The van der Waals surface area contributed by atoms with Crippen molar-refractivity contribution in [1.29, 1.82) is 0 Å². The van der Waals surface area contributed by atoms with Gasteiger partial charge in [-0.1, -0.05) is 66.2 Å². The molecule has 3 N–H and O–H groups in total. The van der Waals surface area contributed by atoms with Gasteiger partial charge in [0.05, 0.1) is 38.6 Å². The van der Waals surface area contributed by atoms with Gasteiger partial charge in [-0.3, -0.25) is 23.7 Å². The average molecular weight is 878 g/mol. The standard InChI is InChI=1S/C42H68N7O11P/c1-12-14-16-18-20-55-38(52)41(8,9)47-61(54,48-42(10,11)39(53)56-21-19-17-15-13-2)28-58-29(3)24-49-27-45-35-36(43-26-44-37(35)49)46-33(50)22-40(6,7)23-34(51)57-25-32-30(4)59-31(5)60-32/h26-27,29H,5,12-25,28H2,1-4,6-11H3,(H2,47,48,54)(H,43,44,46,50)/t29-/m1/s1. The number of amides is 1. The molecule has 0 aromatic carbocycles. The van der Waals surface area contributed by atoms with Crippen LogP contribution in [0.5, 0.6) is 0 Å². The van der Waals surface area contributed by atoms with Gasteiger partial charge < -0.3 is 38.3 Å². The fourth-order valence-electron chi connectivity index (χ4n) is 6.35. The first kappa shape index (κ1) is 51.0. The number of nitrogens with one attached hydrogen (secondary N) is 3. The van der Waals surface area contributed by atoms with E-state index in [0.29, 0.717) is 35.5 Å². The summed E-state index contributed by atoms with van der Waals surface area (Å²) in [6.07, 6.45) is 9.18. The van der Waals surface area contributed by atoms with Gasteiger partial charge in [0.25, 0.3) is 5.95 Å². The molecule has 1 atom stereocenters. The largest absolute Gasteiger partial charge is 0.464 e. The van der Waals surface area contributed by atoms with Crippen LogP contribution in [0.1, 0.15) is 133 Å². The second-order valence-electron chi connectivity index (χ2n) is 17.3. The highest BCUT2D eigenvalue weighted by atomic mass is 31.2. The topological polar surface area (TPSA) is 220 Å². The number of anilines is 1. The highest BCUT2D eigenvalue weighted by molar-refractivity contribution is 7.59. The summed E-state index contributed by atoms with van der Waals surface area (Å²) in [5.41, 5.74) is -2.87. The lowest BCUT2D eigenvalue weighted by atomic mass is 9.85. The number of nitrogens with zero attached hydrogens (tertiary/aromatic N) is 4. The molecule has 19 heteroatoms. The first-order valence-electron chi connectivity index (χ1n) is 21.1. The summed E-state index contributed by atoms with van der Waals surface area (Å²) in [6, 6.07) is 0. The van der Waals surface area contributed by atoms with E-state index in [1.165, 1.54) is 12.7 Å². The molecule has 2 aromatic heterocycles. The van der Waals surface area contributed by atoms with E-state index in [9.17, 15) is 23.7 Å². The number of carbonyl (C=O) groups excluding carboxylic acids is 4. The molecule has 0 spiro atoms. The van der Waals surface area contributed by atoms with Gasteiger partial charge in [0.2, 0.25) is 13.4 Å². The Morgan fingerprint density at radius 3 is 1.97 bits per heavy atom. The van der Waals surface area contributed by atoms with Gasteiger partial charge in [0, 0.05) is 6.42 Å². The normalized spacial score (nSPS) is 14.1. The van der Waals surface area contributed by atoms with Crippen molar-refractivity contribution in [2.45, 2.75) is 157 Å². The Morgan fingerprint density at radius 2 is 1.43 bits per heavy atom. The predicted molar refractivity (Wildman–Crippen MR) is 230 cm³/mol. The molecule has 0 saturated heterocycles. The maximum Gasteiger partial charge on any atom is 0.326 e. The molecule has 0 fully saturated rings. The monoisotopic (exact) mass is 877 g/mol. The van der Waals surface area contributed by atoms with Crippen LogP contribution in [0.25, 0.3) is 11.2 Å². The molecular formula is C42H68N7O11P. The molecule has 0 bridgehead atoms. The molecule has 61 heavy (non-hydrogen) atoms. The third-order valence-corrected chi connectivity index (χ3v) is 11.9. The zero-order chi connectivity index (χ0) is 45.4. The van der Waals surface area contributed by atoms with E-state index in [0.717, 1.165) is 38.5 Å². The zero-order valence-electron chi connectivity index (χ0n) is 37.8. The highest BCUT2D eigenvalue weighted by Crippen LogP contribution is 2.42. The van der Waals surface area contributed by atoms with Gasteiger partial charge in [0.1, 0.15) is 29.5 Å². The summed E-state index contributed by atoms with van der Waals surface area (Å²) in [5.74, 6) is -0.978. The maximum atomic E-state index is 14.7. The lowest BCUT2D eigenvalue weighted by Crippen LogP contribution is -2.54. The van der Waals surface area contributed by atoms with Crippen molar-refractivity contribution in [2.24, 2.45) is 5.41 Å². The Balaban J connectivity index is 1.67. The summed E-state index contributed by atoms with van der Waals surface area (Å²) in [7, 11) is -3.89. The van der Waals surface area contributed by atoms with Crippen molar-refractivity contribution in [3.63, 3.8) is 0 Å². The van der Waals surface area contributed by atoms with E-state index >= 15 is 0 Å². The van der Waals surface area contributed by atoms with E-state index in [4.69, 9.17) is 28.4 Å². The molecule has 3 heterocycles. The molecule has 0 saturated carbocycles. The van der Waals surface area contributed by atoms with Gasteiger partial charge in [-0.05, 0) is 66.4 Å². The highest BCUT2D eigenvalue weighted by Gasteiger charge is 2.43. The van der Waals surface area contributed by atoms with Gasteiger partial charge >= 0.3 is 17.9 Å². The Kier molecular flexibility index (Phi) is 19.4. The van der Waals surface area contributed by atoms with Crippen LogP contribution in [0.3, 0.4) is 0 Å². The van der Waals surface area contributed by atoms with Gasteiger partial charge in [-0.2, -0.15) is 0 Å². The Hall–Kier alpha value is -4.38. The SMILES string of the molecule is C=C1OC(C)=C(COC(=O)CC(C)(C)CC(=O)Nc2ncnc3c2ncn3C[C@@H](C)OCP(=O)(NC(C)(C)C(=O)OCCCCCC)NC(C)(C)C(=O)OCCCCCC)O1. The molecular weight excluding hydrogens is 809 g/mol. The van der Waals surface area contributed by atoms with Crippen LogP contribution >= 0.6 is 7.44 Å². The zero-order valence-corrected chi connectivity index (χ0v) is 38.7. The van der Waals surface area contributed by atoms with E-state index < -0.39 is 60.2 Å². The van der Waals surface area contributed by atoms with Crippen molar-refractivity contribution in [3.05, 3.63) is 36.7 Å². The molecule has 1 aliphatic heterocycles. The Labute approximate surface area is 360 Å². The number of imidazole rings is 1. The number of carbonyl (C=O) groups is 4. The quantitative estimate of drug-likeness (QED) is 0.0328. The van der Waals surface area contributed by atoms with Crippen LogP contribution in [-0.4, -0.2) is 86.7 Å². The lowest BCUT2D eigenvalue weighted by molar-refractivity contribution is -0.149. The van der Waals surface area contributed by atoms with E-state index in [1.54, 1.807) is 60.0 Å². The van der Waals surface area contributed by atoms with Crippen molar-refractivity contribution in [3.8, 4) is 0 Å². The number of aromatic nitrogens is 4. The molecule has 1 amide bonds. The number of rotatable bonds is 28. The average Bonchev–Trinajstić information content (AvgIpc) is 3.72. The molecule has 0 unspecified atom stereocenters. The van der Waals surface area contributed by atoms with Crippen molar-refractivity contribution >= 4 is 48.2 Å². The fraction of sp³-hybridized carbons (Fsp3) is 0.690. The number of unbranched alkanes of at least 4 members (excludes halogenated alkanes) is 6. The minimum atomic E-state index is -3.89. The summed E-state index contributed by atoms with van der Waals surface area (Å²) in [6.45, 7) is 21.6. The molecule has 3 rings (SSSR count). The smallest absolute Gasteiger partial charge is 0.326 e. The molecule has 18 nitrogen and oxygen atoms in total. The summed E-state index contributed by atoms with van der Waals surface area (Å²) < 4.78 is 49.5. The van der Waals surface area contributed by atoms with E-state index in [1.807, 2.05) is 0 Å². The van der Waals surface area contributed by atoms with Crippen LogP contribution in [0, 0.1) is 5.41 Å². The van der Waals surface area contributed by atoms with Crippen molar-refractivity contribution < 1.29 is 52.2 Å². The minimum Gasteiger partial charge on any atom is -0.464 e. The Morgan fingerprint density at radius 1 is 0.836 bits per heavy atom. The fourth-order valence-corrected chi connectivity index (χ4v) is 8.99. The molecule has 0 aliphatic carbocycles. The second-order valence-corrected chi connectivity index (χ2v) is 19.5. The van der Waals surface area contributed by atoms with Crippen LogP contribution in [0.4, 0.5) is 5.82 Å². The van der Waals surface area contributed by atoms with Crippen LogP contribution < -0.4 is 15.5 Å². The molecule has 342 valence electrons. The third kappa shape index (κ3) is 16.8. The van der Waals surface area contributed by atoms with Gasteiger partial charge in [0.15, 0.2) is 29.3 Å². The number of hydrogen-bond donors (Lipinski definition) is 3. The number of ether oxygens (including phenoxy) is 6. The van der Waals surface area contributed by atoms with Crippen LogP contribution in [0.15, 0.2) is 36.7 Å². The molecule has 2 aromatic rings. The number of esters is 3. The molecule has 0 radical (unpaired) electrons. The summed E-state index contributed by atoms with van der Waals surface area (Å²) in [5, 5.41) is 8.69. The second kappa shape index (κ2) is 23.2. The van der Waals surface area contributed by atoms with Crippen LogP contribution in [-0.2, 0) is 58.7 Å². The third-order valence-electron chi connectivity index (χ3n) is 9.58. The predicted octanol–water partition coefficient (Wildman–Crippen LogP) is 7.40. The summed E-state index contributed by atoms with van der Waals surface area (Å²) in [4.78, 5) is 65.3. The van der Waals surface area contributed by atoms with Crippen molar-refractivity contribution in [1.82, 2.24) is 29.7 Å². The summed E-state index contributed by atoms with van der Waals surface area (Å²) >= 11 is 0. The maximum absolute atomic E-state index is 14.7. The first-order valence-corrected chi connectivity index (χ1v) is 23.0. The molecule has 1 aliphatic rings. The minimum absolute atomic E-state index is 0.0274. The van der Waals surface area contributed by atoms with Crippen LogP contribution in [0.2, 0.25) is 0 Å². The van der Waals surface area contributed by atoms with E-state index in [-0.39, 0.29) is 51.0 Å². The number of allylic oxidation sites excluding steroid dienone is 1. The number of fused-ring (bicyclic) bond motifs is 1. The van der Waals surface area contributed by atoms with E-state index in [2.05, 4.69) is 50.9 Å². The Bertz CT molecular complexity index is 1870. The lowest BCUT2D eigenvalue weighted by Gasteiger charge is -2.35. The van der Waals surface area contributed by atoms with Gasteiger partial charge in [-0.25, -0.2) is 25.1 Å². The first-order chi connectivity index (χ1) is 28.6. The number of hydrogen-bond acceptors (Lipinski definition) is 14. The van der Waals surface area contributed by atoms with Crippen molar-refractivity contribution in [2.75, 3.05) is 31.5 Å².